The van der Waals surface area contributed by atoms with Crippen LogP contribution in [0.2, 0.25) is 0 Å². The van der Waals surface area contributed by atoms with Gasteiger partial charge in [-0.2, -0.15) is 0 Å². The molecule has 704 valence electrons. The van der Waals surface area contributed by atoms with Gasteiger partial charge in [-0.15, -0.1) is 0 Å². The molecule has 9 aliphatic rings. The van der Waals surface area contributed by atoms with Crippen molar-refractivity contribution < 1.29 is 67.0 Å². The summed E-state index contributed by atoms with van der Waals surface area (Å²) in [5.41, 5.74) is 32.7. The molecule has 19 N–H and O–H groups in total. The van der Waals surface area contributed by atoms with Crippen molar-refractivity contribution in [1.29, 1.82) is 0 Å². The highest BCUT2D eigenvalue weighted by molar-refractivity contribution is 5.96. The predicted octanol–water partition coefficient (Wildman–Crippen LogP) is 12.7. The van der Waals surface area contributed by atoms with Crippen LogP contribution in [0.1, 0.15) is 328 Å². The van der Waals surface area contributed by atoms with Crippen molar-refractivity contribution in [2.75, 3.05) is 59.6 Å². The summed E-state index contributed by atoms with van der Waals surface area (Å²) in [6.45, 7) is 13.1. The Bertz CT molecular complexity index is 4300. The van der Waals surface area contributed by atoms with E-state index in [0.717, 1.165) is 178 Å². The second-order valence-corrected chi connectivity index (χ2v) is 38.8. The summed E-state index contributed by atoms with van der Waals surface area (Å²) in [5.74, 6) is 1.98. The number of hydrogen-bond acceptors (Lipinski definition) is 26. The number of carbonyl (C=O) groups excluding carboxylic acids is 5. The first-order valence-corrected chi connectivity index (χ1v) is 47.0. The Balaban J connectivity index is 0.000000166. The lowest BCUT2D eigenvalue weighted by molar-refractivity contribution is -0.0944. The van der Waals surface area contributed by atoms with Gasteiger partial charge in [-0.3, -0.25) is 24.0 Å². The molecule has 0 bridgehead atoms. The molecule has 5 amide bonds. The van der Waals surface area contributed by atoms with Crippen LogP contribution in [0, 0.1) is 65.1 Å². The van der Waals surface area contributed by atoms with Gasteiger partial charge in [0.15, 0.2) is 6.36 Å². The van der Waals surface area contributed by atoms with Crippen molar-refractivity contribution in [2.45, 2.75) is 334 Å². The van der Waals surface area contributed by atoms with E-state index in [0.29, 0.717) is 155 Å². The molecule has 0 saturated heterocycles. The molecule has 1 unspecified atom stereocenters. The lowest BCUT2D eigenvalue weighted by atomic mass is 9.73. The van der Waals surface area contributed by atoms with Crippen LogP contribution in [0.15, 0.2) is 31.0 Å². The normalized spacial score (nSPS) is 26.8. The summed E-state index contributed by atoms with van der Waals surface area (Å²) in [6, 6.07) is 1.18. The highest BCUT2D eigenvalue weighted by atomic mass is 19.3. The number of amides is 5. The summed E-state index contributed by atoms with van der Waals surface area (Å²) in [7, 11) is 0. The summed E-state index contributed by atoms with van der Waals surface area (Å²) < 4.78 is 49.5. The Morgan fingerprint density at radius 3 is 0.961 bits per heavy atom. The SMILES string of the molecule is CC(C)(C)Nc1ncc(C(N)=O)c(C[C@@H]2CCC[C@H]2CO)n1.CC(F)(F)COC1CCC(Nc2ncc(C(N)=O)c(C[C@@H]3CCC[C@H]3CO)n2)CC1.CC(F)OC1CCC(Nc2ncc(C(N)=O)c(C[C@@H]3CCC[C@H]3CO)n2)CC1.CC1CCC(Nc2ncc(C(N)=O)c(CC3CC(C)C3)n2)CC1.NC(=O)c1cnc(NC2CCCCC2)nc1C[C@@H]1CCC[C@H]1CO. The standard InChI is InChI=1S/C21H32F2N4O3.C20H31FN4O3.C18H28N4O2.C18H28N4O.C16H26N4O2/c1-21(22,23)12-30-16-7-5-15(6-8-16)26-20-25-10-17(19(24)29)18(27-20)9-13-3-2-4-14(13)11-28;1-12(21)28-16-7-5-15(6-8-16)24-20-23-10-17(19(22)27)18(25-20)9-13-3-2-4-14(13)11-26;19-17(24)15-10-20-18(21-14-7-2-1-3-8-14)22-16(15)9-12-5-4-6-13(12)11-23;1-11-3-5-14(6-4-11)21-18-20-10-15(17(19)23)16(22-18)9-13-7-12(2)8-13;1-16(2,3)20-15-18-8-12(14(17)22)13(19-15)7-10-5-4-6-11(10)9-21/h10,13-16,28H,2-9,11-12H2,1H3,(H2,24,29)(H,25,26,27);10,12-16,26H,2-9,11H2,1H3,(H2,22,27)(H,23,24,25);10,12-14,23H,1-9,11H2,(H2,19,24)(H,20,21,22);10-14H,3-9H2,1-2H3,(H2,19,23)(H,20,21,22);8,10-11,21H,4-7,9H2,1-3H3,(H2,17,22)(H,18,19,20)/t13-,14-,15?,16?;12?,13-,14-,15?,16?;12-,13-;;10-,11-/m000.0/s1. The molecule has 9 atom stereocenters. The first-order chi connectivity index (χ1) is 60.7. The largest absolute Gasteiger partial charge is 0.396 e. The van der Waals surface area contributed by atoms with Crippen LogP contribution in [-0.2, 0) is 41.6 Å². The number of halogens is 3. The maximum atomic E-state index is 13.0. The fourth-order valence-electron chi connectivity index (χ4n) is 20.2. The Morgan fingerprint density at radius 1 is 0.386 bits per heavy atom. The van der Waals surface area contributed by atoms with Gasteiger partial charge in [-0.25, -0.2) is 63.0 Å². The summed E-state index contributed by atoms with van der Waals surface area (Å²) in [6.07, 6.45) is 41.7. The third-order valence-electron chi connectivity index (χ3n) is 27.4. The van der Waals surface area contributed by atoms with E-state index in [-0.39, 0.29) is 79.9 Å². The lowest BCUT2D eigenvalue weighted by Gasteiger charge is -2.32. The van der Waals surface area contributed by atoms with Crippen LogP contribution in [0.5, 0.6) is 0 Å². The Kier molecular flexibility index (Phi) is 38.6. The second-order valence-electron chi connectivity index (χ2n) is 38.8. The number of hydrogen-bond donors (Lipinski definition) is 14. The van der Waals surface area contributed by atoms with Crippen LogP contribution in [-0.4, -0.2) is 187 Å². The number of aromatic nitrogens is 10. The fraction of sp³-hybridized carbons (Fsp3) is 0.731. The van der Waals surface area contributed by atoms with Crippen molar-refractivity contribution in [1.82, 2.24) is 49.8 Å². The minimum absolute atomic E-state index is 0.0375. The number of nitrogens with one attached hydrogen (secondary N) is 5. The van der Waals surface area contributed by atoms with Crippen molar-refractivity contribution in [3.8, 4) is 0 Å². The molecular weight excluding hydrogens is 1630 g/mol. The van der Waals surface area contributed by atoms with Crippen LogP contribution < -0.4 is 55.3 Å². The van der Waals surface area contributed by atoms with E-state index in [1.165, 1.54) is 70.5 Å². The van der Waals surface area contributed by atoms with Gasteiger partial charge < -0.3 is 85.2 Å². The summed E-state index contributed by atoms with van der Waals surface area (Å²) in [5, 5.41) is 54.9. The van der Waals surface area contributed by atoms with E-state index in [1.807, 2.05) is 20.8 Å². The molecule has 127 heavy (non-hydrogen) atoms. The maximum Gasteiger partial charge on any atom is 0.268 e. The average molecular weight is 1780 g/mol. The zero-order valence-electron chi connectivity index (χ0n) is 75.9. The van der Waals surface area contributed by atoms with E-state index >= 15 is 0 Å². The summed E-state index contributed by atoms with van der Waals surface area (Å²) >= 11 is 0. The zero-order chi connectivity index (χ0) is 91.5. The first kappa shape index (κ1) is 100. The molecule has 9 saturated carbocycles. The van der Waals surface area contributed by atoms with Crippen LogP contribution in [0.3, 0.4) is 0 Å². The smallest absolute Gasteiger partial charge is 0.268 e. The topological polar surface area (TPSA) is 504 Å². The Hall–Kier alpha value is -8.70. The van der Waals surface area contributed by atoms with E-state index in [4.69, 9.17) is 38.1 Å². The van der Waals surface area contributed by atoms with Crippen LogP contribution in [0.4, 0.5) is 42.9 Å². The molecule has 34 heteroatoms. The van der Waals surface area contributed by atoms with Crippen molar-refractivity contribution in [3.05, 3.63) is 87.3 Å². The number of anilines is 5. The minimum atomic E-state index is -2.81. The average Bonchev–Trinajstić information content (AvgIpc) is 1.83. The van der Waals surface area contributed by atoms with Crippen molar-refractivity contribution >= 4 is 59.3 Å². The molecule has 5 aromatic rings. The van der Waals surface area contributed by atoms with Gasteiger partial charge in [-0.05, 0) is 279 Å². The third-order valence-corrected chi connectivity index (χ3v) is 27.4. The van der Waals surface area contributed by atoms with Crippen LogP contribution >= 0.6 is 0 Å². The number of nitrogens with zero attached hydrogens (tertiary/aromatic N) is 10. The number of primary amides is 5. The second kappa shape index (κ2) is 48.8. The number of carbonyl (C=O) groups is 5. The fourth-order valence-corrected chi connectivity index (χ4v) is 20.2. The van der Waals surface area contributed by atoms with Crippen molar-refractivity contribution in [3.63, 3.8) is 0 Å². The molecule has 14 rings (SSSR count). The number of ether oxygens (including phenoxy) is 2. The van der Waals surface area contributed by atoms with Gasteiger partial charge in [0.05, 0.1) is 68.5 Å². The number of alkyl halides is 3. The van der Waals surface area contributed by atoms with Gasteiger partial charge in [0.1, 0.15) is 6.61 Å². The number of rotatable bonds is 33. The van der Waals surface area contributed by atoms with Gasteiger partial charge in [0.2, 0.25) is 29.7 Å². The summed E-state index contributed by atoms with van der Waals surface area (Å²) in [4.78, 5) is 103. The highest BCUT2D eigenvalue weighted by Gasteiger charge is 2.37. The Labute approximate surface area is 747 Å². The van der Waals surface area contributed by atoms with Gasteiger partial charge in [0.25, 0.3) is 35.5 Å². The molecule has 0 aromatic carbocycles. The van der Waals surface area contributed by atoms with Gasteiger partial charge >= 0.3 is 0 Å². The lowest BCUT2D eigenvalue weighted by Crippen LogP contribution is -2.33. The van der Waals surface area contributed by atoms with Crippen molar-refractivity contribution in [2.24, 2.45) is 93.8 Å². The predicted molar refractivity (Wildman–Crippen MR) is 481 cm³/mol. The third kappa shape index (κ3) is 31.8. The van der Waals surface area contributed by atoms with E-state index in [9.17, 15) is 57.6 Å². The van der Waals surface area contributed by atoms with Gasteiger partial charge in [-0.1, -0.05) is 58.8 Å². The minimum Gasteiger partial charge on any atom is -0.396 e. The highest BCUT2D eigenvalue weighted by Crippen LogP contribution is 2.41. The molecule has 5 heterocycles. The quantitative estimate of drug-likeness (QED) is 0.0185. The zero-order valence-corrected chi connectivity index (χ0v) is 75.9. The first-order valence-electron chi connectivity index (χ1n) is 47.0. The van der Waals surface area contributed by atoms with Crippen LogP contribution in [0.25, 0.3) is 0 Å². The monoisotopic (exact) mass is 1780 g/mol. The Morgan fingerprint density at radius 2 is 0.669 bits per heavy atom. The molecule has 0 spiro atoms. The molecular formula is C93H145F3N20O11. The maximum absolute atomic E-state index is 13.0. The number of nitrogens with two attached hydrogens (primary N) is 5. The molecule has 9 aliphatic carbocycles. The van der Waals surface area contributed by atoms with E-state index < -0.39 is 48.4 Å². The molecule has 0 aliphatic heterocycles. The molecule has 5 aromatic heterocycles. The molecule has 31 nitrogen and oxygen atoms in total. The van der Waals surface area contributed by atoms with E-state index in [1.54, 1.807) is 12.4 Å². The number of aliphatic hydroxyl groups is 4. The van der Waals surface area contributed by atoms with E-state index in [2.05, 4.69) is 90.3 Å². The molecule has 0 radical (unpaired) electrons. The molecule has 9 fully saturated rings. The van der Waals surface area contributed by atoms with Gasteiger partial charge in [0, 0.05) is 94.0 Å². The number of aliphatic hydroxyl groups excluding tert-OH is 4.